The van der Waals surface area contributed by atoms with Crippen LogP contribution < -0.4 is 4.74 Å². The summed E-state index contributed by atoms with van der Waals surface area (Å²) in [6.07, 6.45) is 4.38. The lowest BCUT2D eigenvalue weighted by Gasteiger charge is -2.06. The summed E-state index contributed by atoms with van der Waals surface area (Å²) in [7, 11) is 0. The minimum Gasteiger partial charge on any atom is -0.493 e. The monoisotopic (exact) mass is 258 g/mol. The maximum atomic E-state index is 11.9. The summed E-state index contributed by atoms with van der Waals surface area (Å²) in [5, 5.41) is 4.04. The van der Waals surface area contributed by atoms with Gasteiger partial charge in [0, 0.05) is 18.8 Å². The molecule has 0 unspecified atom stereocenters. The smallest absolute Gasteiger partial charge is 0.338 e. The molecule has 2 heterocycles. The van der Waals surface area contributed by atoms with Gasteiger partial charge in [-0.2, -0.15) is 5.10 Å². The van der Waals surface area contributed by atoms with Crippen LogP contribution in [-0.4, -0.2) is 29.0 Å². The second-order valence-electron chi connectivity index (χ2n) is 4.33. The Morgan fingerprint density at radius 1 is 1.47 bits per heavy atom. The molecule has 19 heavy (non-hydrogen) atoms. The van der Waals surface area contributed by atoms with Crippen molar-refractivity contribution in [1.82, 2.24) is 9.78 Å². The number of aromatic nitrogens is 2. The van der Waals surface area contributed by atoms with Crippen molar-refractivity contribution in [1.29, 1.82) is 0 Å². The number of hydrogen-bond acceptors (Lipinski definition) is 4. The van der Waals surface area contributed by atoms with E-state index in [2.05, 4.69) is 5.10 Å². The lowest BCUT2D eigenvalue weighted by Crippen LogP contribution is -2.11. The number of nitrogens with zero attached hydrogens (tertiary/aromatic N) is 2. The summed E-state index contributed by atoms with van der Waals surface area (Å²) < 4.78 is 12.3. The molecule has 1 aromatic carbocycles. The predicted molar refractivity (Wildman–Crippen MR) is 68.2 cm³/mol. The van der Waals surface area contributed by atoms with Crippen LogP contribution in [0.25, 0.3) is 0 Å². The first kappa shape index (κ1) is 11.8. The minimum atomic E-state index is -0.304. The Morgan fingerprint density at radius 2 is 2.42 bits per heavy atom. The van der Waals surface area contributed by atoms with E-state index in [1.54, 1.807) is 16.9 Å². The molecule has 5 nitrogen and oxygen atoms in total. The zero-order valence-electron chi connectivity index (χ0n) is 10.4. The average Bonchev–Trinajstić information content (AvgIpc) is 3.08. The van der Waals surface area contributed by atoms with Gasteiger partial charge in [-0.25, -0.2) is 4.79 Å². The van der Waals surface area contributed by atoms with Crippen LogP contribution in [0.4, 0.5) is 0 Å². The van der Waals surface area contributed by atoms with Crippen molar-refractivity contribution in [2.24, 2.45) is 0 Å². The molecule has 0 amide bonds. The van der Waals surface area contributed by atoms with Crippen molar-refractivity contribution in [3.8, 4) is 5.75 Å². The molecular weight excluding hydrogens is 244 g/mol. The van der Waals surface area contributed by atoms with Crippen molar-refractivity contribution in [3.63, 3.8) is 0 Å². The number of rotatable bonds is 4. The maximum absolute atomic E-state index is 11.9. The third kappa shape index (κ3) is 2.59. The van der Waals surface area contributed by atoms with Crippen molar-refractivity contribution in [2.75, 3.05) is 13.2 Å². The Labute approximate surface area is 110 Å². The molecule has 98 valence electrons. The molecule has 1 aliphatic heterocycles. The van der Waals surface area contributed by atoms with Gasteiger partial charge in [0.25, 0.3) is 0 Å². The van der Waals surface area contributed by atoms with Crippen LogP contribution in [0.3, 0.4) is 0 Å². The van der Waals surface area contributed by atoms with Crippen LogP contribution in [-0.2, 0) is 17.7 Å². The first-order chi connectivity index (χ1) is 9.33. The average molecular weight is 258 g/mol. The normalized spacial score (nSPS) is 12.8. The van der Waals surface area contributed by atoms with E-state index in [4.69, 9.17) is 9.47 Å². The number of hydrogen-bond donors (Lipinski definition) is 0. The van der Waals surface area contributed by atoms with Gasteiger partial charge < -0.3 is 9.47 Å². The Morgan fingerprint density at radius 3 is 3.26 bits per heavy atom. The van der Waals surface area contributed by atoms with Gasteiger partial charge in [-0.1, -0.05) is 0 Å². The van der Waals surface area contributed by atoms with Crippen LogP contribution >= 0.6 is 0 Å². The quantitative estimate of drug-likeness (QED) is 0.783. The second kappa shape index (κ2) is 5.14. The minimum absolute atomic E-state index is 0.304. The molecule has 0 atom stereocenters. The van der Waals surface area contributed by atoms with E-state index in [-0.39, 0.29) is 5.97 Å². The Hall–Kier alpha value is -2.30. The van der Waals surface area contributed by atoms with E-state index in [1.807, 2.05) is 24.4 Å². The fourth-order valence-electron chi connectivity index (χ4n) is 2.06. The van der Waals surface area contributed by atoms with Crippen molar-refractivity contribution < 1.29 is 14.3 Å². The Balaban J connectivity index is 1.58. The number of carbonyl (C=O) groups excluding carboxylic acids is 1. The molecule has 0 fully saturated rings. The zero-order valence-corrected chi connectivity index (χ0v) is 10.4. The molecular formula is C14H14N2O3. The first-order valence-corrected chi connectivity index (χ1v) is 6.23. The van der Waals surface area contributed by atoms with Gasteiger partial charge in [-0.15, -0.1) is 0 Å². The van der Waals surface area contributed by atoms with Gasteiger partial charge in [-0.3, -0.25) is 4.68 Å². The number of benzene rings is 1. The van der Waals surface area contributed by atoms with Crippen LogP contribution in [0.15, 0.2) is 36.7 Å². The lowest BCUT2D eigenvalue weighted by molar-refractivity contribution is 0.0487. The number of fused-ring (bicyclic) bond motifs is 1. The fourth-order valence-corrected chi connectivity index (χ4v) is 2.06. The van der Waals surface area contributed by atoms with E-state index in [0.29, 0.717) is 25.3 Å². The van der Waals surface area contributed by atoms with Gasteiger partial charge in [0.1, 0.15) is 12.4 Å². The van der Waals surface area contributed by atoms with Crippen LogP contribution in [0.2, 0.25) is 0 Å². The van der Waals surface area contributed by atoms with Crippen molar-refractivity contribution in [2.45, 2.75) is 13.0 Å². The molecule has 0 aliphatic carbocycles. The standard InChI is InChI=1S/C14H14N2O3/c17-14(19-9-7-16-6-1-5-15-16)12-2-3-13-11(10-12)4-8-18-13/h1-3,5-6,10H,4,7-9H2. The van der Waals surface area contributed by atoms with E-state index in [0.717, 1.165) is 17.7 Å². The third-order valence-corrected chi connectivity index (χ3v) is 3.04. The fraction of sp³-hybridized carbons (Fsp3) is 0.286. The van der Waals surface area contributed by atoms with Gasteiger partial charge in [0.15, 0.2) is 0 Å². The Kier molecular flexibility index (Phi) is 3.18. The molecule has 0 radical (unpaired) electrons. The van der Waals surface area contributed by atoms with Crippen LogP contribution in [0, 0.1) is 0 Å². The molecule has 1 aromatic heterocycles. The SMILES string of the molecule is O=C(OCCn1cccn1)c1ccc2c(c1)CCO2. The summed E-state index contributed by atoms with van der Waals surface area (Å²) in [6.45, 7) is 1.56. The maximum Gasteiger partial charge on any atom is 0.338 e. The van der Waals surface area contributed by atoms with Crippen LogP contribution in [0.1, 0.15) is 15.9 Å². The molecule has 2 aromatic rings. The third-order valence-electron chi connectivity index (χ3n) is 3.04. The van der Waals surface area contributed by atoms with E-state index >= 15 is 0 Å². The van der Waals surface area contributed by atoms with Crippen molar-refractivity contribution >= 4 is 5.97 Å². The van der Waals surface area contributed by atoms with Crippen molar-refractivity contribution in [3.05, 3.63) is 47.8 Å². The summed E-state index contributed by atoms with van der Waals surface area (Å²) in [5.41, 5.74) is 1.64. The first-order valence-electron chi connectivity index (χ1n) is 6.23. The molecule has 1 aliphatic rings. The molecule has 5 heteroatoms. The lowest BCUT2D eigenvalue weighted by atomic mass is 10.1. The van der Waals surface area contributed by atoms with Gasteiger partial charge in [0.2, 0.25) is 0 Å². The summed E-state index contributed by atoms with van der Waals surface area (Å²) >= 11 is 0. The van der Waals surface area contributed by atoms with E-state index in [9.17, 15) is 4.79 Å². The highest BCUT2D eigenvalue weighted by Gasteiger charge is 2.15. The largest absolute Gasteiger partial charge is 0.493 e. The second-order valence-corrected chi connectivity index (χ2v) is 4.33. The summed E-state index contributed by atoms with van der Waals surface area (Å²) in [6, 6.07) is 7.24. The highest BCUT2D eigenvalue weighted by Crippen LogP contribution is 2.26. The van der Waals surface area contributed by atoms with E-state index in [1.165, 1.54) is 0 Å². The zero-order chi connectivity index (χ0) is 13.1. The molecule has 0 N–H and O–H groups in total. The van der Waals surface area contributed by atoms with Gasteiger partial charge in [-0.05, 0) is 29.8 Å². The molecule has 0 spiro atoms. The highest BCUT2D eigenvalue weighted by molar-refractivity contribution is 5.89. The number of ether oxygens (including phenoxy) is 2. The Bertz CT molecular complexity index is 578. The highest BCUT2D eigenvalue weighted by atomic mass is 16.5. The van der Waals surface area contributed by atoms with E-state index < -0.39 is 0 Å². The van der Waals surface area contributed by atoms with Crippen LogP contribution in [0.5, 0.6) is 5.75 Å². The number of esters is 1. The molecule has 0 saturated carbocycles. The summed E-state index contributed by atoms with van der Waals surface area (Å²) in [4.78, 5) is 11.9. The summed E-state index contributed by atoms with van der Waals surface area (Å²) in [5.74, 6) is 0.565. The number of carbonyl (C=O) groups is 1. The molecule has 3 rings (SSSR count). The van der Waals surface area contributed by atoms with Gasteiger partial charge in [0.05, 0.1) is 18.7 Å². The predicted octanol–water partition coefficient (Wildman–Crippen LogP) is 1.68. The van der Waals surface area contributed by atoms with Gasteiger partial charge >= 0.3 is 5.97 Å². The molecule has 0 saturated heterocycles. The molecule has 0 bridgehead atoms. The topological polar surface area (TPSA) is 53.4 Å².